The van der Waals surface area contributed by atoms with Crippen molar-refractivity contribution in [1.82, 2.24) is 0 Å². The number of carbonyl (C=O) groups excluding carboxylic acids is 2. The van der Waals surface area contributed by atoms with Gasteiger partial charge >= 0.3 is 0 Å². The molecule has 1 aromatic carbocycles. The minimum absolute atomic E-state index is 0.0151. The predicted octanol–water partition coefficient (Wildman–Crippen LogP) is 3.04. The van der Waals surface area contributed by atoms with Gasteiger partial charge in [0.2, 0.25) is 0 Å². The molecule has 4 rings (SSSR count). The van der Waals surface area contributed by atoms with E-state index in [2.05, 4.69) is 22.9 Å². The van der Waals surface area contributed by atoms with Crippen LogP contribution in [0.3, 0.4) is 0 Å². The van der Waals surface area contributed by atoms with Crippen LogP contribution >= 0.6 is 15.9 Å². The van der Waals surface area contributed by atoms with E-state index in [0.29, 0.717) is 0 Å². The Bertz CT molecular complexity index is 611. The summed E-state index contributed by atoms with van der Waals surface area (Å²) >= 11 is 3.46. The van der Waals surface area contributed by atoms with Crippen LogP contribution in [0.4, 0.5) is 0 Å². The van der Waals surface area contributed by atoms with Crippen molar-refractivity contribution in [2.45, 2.75) is 44.3 Å². The van der Waals surface area contributed by atoms with Crippen molar-refractivity contribution in [2.75, 3.05) is 0 Å². The molecule has 1 unspecified atom stereocenters. The second kappa shape index (κ2) is 4.75. The molecule has 4 heteroatoms. The maximum absolute atomic E-state index is 12.9. The summed E-state index contributed by atoms with van der Waals surface area (Å²) in [5.41, 5.74) is 1.99. The Morgan fingerprint density at radius 1 is 1.14 bits per heavy atom. The lowest BCUT2D eigenvalue weighted by atomic mass is 9.81. The minimum Gasteiger partial charge on any atom is -0.373 e. The lowest BCUT2D eigenvalue weighted by Crippen LogP contribution is -2.29. The van der Waals surface area contributed by atoms with E-state index in [1.165, 1.54) is 0 Å². The summed E-state index contributed by atoms with van der Waals surface area (Å²) in [4.78, 5) is 25.7. The van der Waals surface area contributed by atoms with Crippen molar-refractivity contribution in [3.05, 3.63) is 33.8 Å². The molecule has 3 nitrogen and oxygen atoms in total. The van der Waals surface area contributed by atoms with Crippen LogP contribution in [0.1, 0.15) is 36.8 Å². The maximum atomic E-state index is 12.9. The highest BCUT2D eigenvalue weighted by atomic mass is 79.9. The molecular formula is C17H17BrO3. The van der Waals surface area contributed by atoms with Gasteiger partial charge in [0.25, 0.3) is 0 Å². The van der Waals surface area contributed by atoms with Gasteiger partial charge in [-0.3, -0.25) is 9.59 Å². The molecule has 2 heterocycles. The maximum Gasteiger partial charge on any atom is 0.154 e. The Hall–Kier alpha value is -1.00. The average molecular weight is 349 g/mol. The monoisotopic (exact) mass is 348 g/mol. The molecule has 0 amide bonds. The van der Waals surface area contributed by atoms with Gasteiger partial charge in [0.1, 0.15) is 5.92 Å². The first-order valence-electron chi connectivity index (χ1n) is 7.63. The second-order valence-corrected chi connectivity index (χ2v) is 7.19. The molecule has 0 aromatic heterocycles. The fourth-order valence-corrected chi connectivity index (χ4v) is 4.77. The van der Waals surface area contributed by atoms with E-state index in [9.17, 15) is 9.59 Å². The van der Waals surface area contributed by atoms with Crippen LogP contribution in [0.2, 0.25) is 0 Å². The zero-order valence-corrected chi connectivity index (χ0v) is 13.4. The number of hydrogen-bond acceptors (Lipinski definition) is 3. The summed E-state index contributed by atoms with van der Waals surface area (Å²) in [6, 6.07) is 5.93. The minimum atomic E-state index is -0.570. The Labute approximate surface area is 132 Å². The molecule has 21 heavy (non-hydrogen) atoms. The molecule has 0 spiro atoms. The van der Waals surface area contributed by atoms with Crippen LogP contribution in [0.5, 0.6) is 0 Å². The summed E-state index contributed by atoms with van der Waals surface area (Å²) < 4.78 is 6.72. The van der Waals surface area contributed by atoms with Crippen molar-refractivity contribution in [3.8, 4) is 0 Å². The van der Waals surface area contributed by atoms with E-state index in [1.54, 1.807) is 0 Å². The van der Waals surface area contributed by atoms with Gasteiger partial charge in [0, 0.05) is 4.47 Å². The number of fused-ring (bicyclic) bond motifs is 5. The lowest BCUT2D eigenvalue weighted by Gasteiger charge is -2.16. The Morgan fingerprint density at radius 2 is 1.76 bits per heavy atom. The van der Waals surface area contributed by atoms with E-state index in [-0.39, 0.29) is 35.6 Å². The molecule has 2 aliphatic heterocycles. The first-order chi connectivity index (χ1) is 10.1. The summed E-state index contributed by atoms with van der Waals surface area (Å²) in [6.45, 7) is 2.06. The summed E-state index contributed by atoms with van der Waals surface area (Å²) in [7, 11) is 0. The zero-order valence-electron chi connectivity index (χ0n) is 11.8. The SMILES string of the molecule is CCc1ccc(Br)cc1C1C(=O)[C@@H]2[C@H](C1=O)[C@H]1CC[C@@H]2O1. The molecule has 5 atom stereocenters. The van der Waals surface area contributed by atoms with Crippen molar-refractivity contribution in [2.24, 2.45) is 11.8 Å². The normalized spacial score (nSPS) is 37.3. The first kappa shape index (κ1) is 13.6. The van der Waals surface area contributed by atoms with Gasteiger partial charge in [-0.1, -0.05) is 28.9 Å². The number of aryl methyl sites for hydroxylation is 1. The molecule has 0 radical (unpaired) electrons. The molecule has 3 fully saturated rings. The van der Waals surface area contributed by atoms with Crippen LogP contribution in [0, 0.1) is 11.8 Å². The summed E-state index contributed by atoms with van der Waals surface area (Å²) in [5.74, 6) is -0.774. The summed E-state index contributed by atoms with van der Waals surface area (Å²) in [5, 5.41) is 0. The number of Topliss-reactive ketones (excluding diaryl/α,β-unsaturated/α-hetero) is 2. The zero-order chi connectivity index (χ0) is 14.7. The fraction of sp³-hybridized carbons (Fsp3) is 0.529. The number of hydrogen-bond donors (Lipinski definition) is 0. The number of ether oxygens (including phenoxy) is 1. The number of rotatable bonds is 2. The first-order valence-corrected chi connectivity index (χ1v) is 8.42. The van der Waals surface area contributed by atoms with Gasteiger partial charge in [0.05, 0.1) is 24.0 Å². The number of halogens is 1. The highest BCUT2D eigenvalue weighted by Gasteiger charge is 2.63. The summed E-state index contributed by atoms with van der Waals surface area (Å²) in [6.07, 6.45) is 2.66. The van der Waals surface area contributed by atoms with E-state index < -0.39 is 5.92 Å². The van der Waals surface area contributed by atoms with Crippen LogP contribution in [-0.2, 0) is 20.7 Å². The van der Waals surface area contributed by atoms with Gasteiger partial charge < -0.3 is 4.74 Å². The largest absolute Gasteiger partial charge is 0.373 e. The number of benzene rings is 1. The third kappa shape index (κ3) is 1.82. The van der Waals surface area contributed by atoms with Crippen molar-refractivity contribution >= 4 is 27.5 Å². The smallest absolute Gasteiger partial charge is 0.154 e. The third-order valence-electron chi connectivity index (χ3n) is 5.30. The van der Waals surface area contributed by atoms with Crippen LogP contribution in [0.15, 0.2) is 22.7 Å². The van der Waals surface area contributed by atoms with Gasteiger partial charge in [-0.05, 0) is 42.5 Å². The molecule has 2 saturated heterocycles. The quantitative estimate of drug-likeness (QED) is 0.771. The number of ketones is 2. The average Bonchev–Trinajstić information content (AvgIpc) is 3.13. The van der Waals surface area contributed by atoms with Crippen molar-refractivity contribution in [3.63, 3.8) is 0 Å². The topological polar surface area (TPSA) is 43.4 Å². The van der Waals surface area contributed by atoms with Crippen LogP contribution in [0.25, 0.3) is 0 Å². The molecular weight excluding hydrogens is 332 g/mol. The van der Waals surface area contributed by atoms with Crippen LogP contribution < -0.4 is 0 Å². The molecule has 1 aliphatic carbocycles. The second-order valence-electron chi connectivity index (χ2n) is 6.28. The molecule has 2 bridgehead atoms. The molecule has 110 valence electrons. The predicted molar refractivity (Wildman–Crippen MR) is 81.2 cm³/mol. The molecule has 1 saturated carbocycles. The molecule has 1 aromatic rings. The number of carbonyl (C=O) groups is 2. The standard InChI is InChI=1S/C17H17BrO3/c1-2-8-3-4-9(18)7-10(8)13-16(19)14-11-5-6-12(21-11)15(14)17(13)20/h3-4,7,11-15H,2,5-6H2,1H3/t11-,12+,13?,14-,15+. The lowest BCUT2D eigenvalue weighted by molar-refractivity contribution is -0.127. The van der Waals surface area contributed by atoms with Crippen molar-refractivity contribution < 1.29 is 14.3 Å². The molecule has 0 N–H and O–H groups in total. The third-order valence-corrected chi connectivity index (χ3v) is 5.79. The Morgan fingerprint density at radius 3 is 2.33 bits per heavy atom. The van der Waals surface area contributed by atoms with E-state index in [1.807, 2.05) is 18.2 Å². The van der Waals surface area contributed by atoms with Gasteiger partial charge in [-0.15, -0.1) is 0 Å². The van der Waals surface area contributed by atoms with Gasteiger partial charge in [-0.25, -0.2) is 0 Å². The van der Waals surface area contributed by atoms with E-state index in [4.69, 9.17) is 4.74 Å². The highest BCUT2D eigenvalue weighted by molar-refractivity contribution is 9.10. The molecule has 3 aliphatic rings. The van der Waals surface area contributed by atoms with E-state index in [0.717, 1.165) is 34.9 Å². The van der Waals surface area contributed by atoms with E-state index >= 15 is 0 Å². The highest BCUT2D eigenvalue weighted by Crippen LogP contribution is 2.52. The Balaban J connectivity index is 1.78. The fourth-order valence-electron chi connectivity index (χ4n) is 4.39. The van der Waals surface area contributed by atoms with Crippen molar-refractivity contribution in [1.29, 1.82) is 0 Å². The van der Waals surface area contributed by atoms with Gasteiger partial charge in [-0.2, -0.15) is 0 Å². The Kier molecular flexibility index (Phi) is 3.09. The van der Waals surface area contributed by atoms with Crippen LogP contribution in [-0.4, -0.2) is 23.8 Å². The van der Waals surface area contributed by atoms with Gasteiger partial charge in [0.15, 0.2) is 11.6 Å².